The van der Waals surface area contributed by atoms with Gasteiger partial charge in [0.25, 0.3) is 5.91 Å². The molecule has 0 saturated carbocycles. The van der Waals surface area contributed by atoms with E-state index in [0.29, 0.717) is 29.9 Å². The summed E-state index contributed by atoms with van der Waals surface area (Å²) in [6.07, 6.45) is 1.54. The number of hydrogen-bond acceptors (Lipinski definition) is 6. The molecular formula is C21H21N3O5S. The lowest BCUT2D eigenvalue weighted by Crippen LogP contribution is -2.40. The van der Waals surface area contributed by atoms with Crippen LogP contribution in [0.25, 0.3) is 11.3 Å². The van der Waals surface area contributed by atoms with Gasteiger partial charge in [-0.05, 0) is 31.0 Å². The number of piperidine rings is 1. The van der Waals surface area contributed by atoms with Gasteiger partial charge in [-0.3, -0.25) is 4.79 Å². The average molecular weight is 427 g/mol. The third-order valence-corrected chi connectivity index (χ3v) is 6.87. The first-order valence-corrected chi connectivity index (χ1v) is 11.0. The summed E-state index contributed by atoms with van der Waals surface area (Å²) in [5.74, 6) is -0.165. The van der Waals surface area contributed by atoms with E-state index in [0.717, 1.165) is 0 Å². The van der Waals surface area contributed by atoms with E-state index in [2.05, 4.69) is 10.3 Å². The van der Waals surface area contributed by atoms with Crippen molar-refractivity contribution in [3.05, 3.63) is 66.7 Å². The van der Waals surface area contributed by atoms with E-state index in [1.807, 2.05) is 18.2 Å². The molecule has 0 aliphatic carbocycles. The van der Waals surface area contributed by atoms with E-state index < -0.39 is 22.0 Å². The van der Waals surface area contributed by atoms with E-state index >= 15 is 0 Å². The van der Waals surface area contributed by atoms with Crippen molar-refractivity contribution in [3.8, 4) is 11.3 Å². The van der Waals surface area contributed by atoms with Gasteiger partial charge in [-0.1, -0.05) is 36.4 Å². The van der Waals surface area contributed by atoms with Crippen LogP contribution in [0.3, 0.4) is 0 Å². The molecule has 2 heterocycles. The van der Waals surface area contributed by atoms with Crippen LogP contribution in [0, 0.1) is 0 Å². The summed E-state index contributed by atoms with van der Waals surface area (Å²) >= 11 is 0. The van der Waals surface area contributed by atoms with Crippen LogP contribution in [0.2, 0.25) is 0 Å². The molecule has 1 fully saturated rings. The van der Waals surface area contributed by atoms with Crippen molar-refractivity contribution in [3.63, 3.8) is 0 Å². The quantitative estimate of drug-likeness (QED) is 0.647. The van der Waals surface area contributed by atoms with E-state index in [-0.39, 0.29) is 23.7 Å². The predicted molar refractivity (Wildman–Crippen MR) is 110 cm³/mol. The first-order chi connectivity index (χ1) is 14.4. The number of aliphatic hydroxyl groups excluding tert-OH is 1. The molecule has 1 amide bonds. The van der Waals surface area contributed by atoms with Gasteiger partial charge in [0.05, 0.1) is 11.0 Å². The van der Waals surface area contributed by atoms with Crippen LogP contribution < -0.4 is 5.32 Å². The van der Waals surface area contributed by atoms with Crippen molar-refractivity contribution in [1.29, 1.82) is 0 Å². The van der Waals surface area contributed by atoms with Crippen LogP contribution in [0.5, 0.6) is 0 Å². The van der Waals surface area contributed by atoms with Crippen molar-refractivity contribution >= 4 is 21.6 Å². The fourth-order valence-electron chi connectivity index (χ4n) is 3.36. The van der Waals surface area contributed by atoms with Crippen molar-refractivity contribution in [2.24, 2.45) is 0 Å². The molecule has 1 aliphatic rings. The highest BCUT2D eigenvalue weighted by molar-refractivity contribution is 7.89. The second-order valence-corrected chi connectivity index (χ2v) is 8.95. The van der Waals surface area contributed by atoms with Crippen LogP contribution in [0.4, 0.5) is 5.69 Å². The van der Waals surface area contributed by atoms with Gasteiger partial charge >= 0.3 is 0 Å². The molecule has 0 radical (unpaired) electrons. The van der Waals surface area contributed by atoms with Gasteiger partial charge in [-0.15, -0.1) is 0 Å². The van der Waals surface area contributed by atoms with Gasteiger partial charge < -0.3 is 14.8 Å². The molecule has 8 nitrogen and oxygen atoms in total. The lowest BCUT2D eigenvalue weighted by atomic mass is 10.1. The maximum Gasteiger partial charge on any atom is 0.278 e. The number of nitrogens with zero attached hydrogens (tertiary/aromatic N) is 2. The Balaban J connectivity index is 1.54. The Labute approximate surface area is 174 Å². The summed E-state index contributed by atoms with van der Waals surface area (Å²) in [5.41, 5.74) is 1.16. The Bertz CT molecular complexity index is 1140. The predicted octanol–water partition coefficient (Wildman–Crippen LogP) is 2.74. The Hall–Kier alpha value is -3.01. The number of anilines is 1. The second-order valence-electron chi connectivity index (χ2n) is 7.01. The molecule has 0 unspecified atom stereocenters. The minimum atomic E-state index is -3.71. The summed E-state index contributed by atoms with van der Waals surface area (Å²) in [7, 11) is -3.71. The highest BCUT2D eigenvalue weighted by Crippen LogP contribution is 2.26. The highest BCUT2D eigenvalue weighted by atomic mass is 32.2. The van der Waals surface area contributed by atoms with Crippen LogP contribution in [-0.2, 0) is 10.0 Å². The van der Waals surface area contributed by atoms with Gasteiger partial charge in [0.15, 0.2) is 17.8 Å². The third-order valence-electron chi connectivity index (χ3n) is 4.97. The Morgan fingerprint density at radius 1 is 1.10 bits per heavy atom. The number of aliphatic hydroxyl groups is 1. The maximum atomic E-state index is 12.9. The molecule has 2 N–H and O–H groups in total. The van der Waals surface area contributed by atoms with E-state index in [4.69, 9.17) is 4.42 Å². The zero-order valence-electron chi connectivity index (χ0n) is 16.1. The fraction of sp³-hybridized carbons (Fsp3) is 0.238. The number of sulfonamides is 1. The fourth-order valence-corrected chi connectivity index (χ4v) is 4.87. The summed E-state index contributed by atoms with van der Waals surface area (Å²) in [6, 6.07) is 15.2. The molecule has 0 bridgehead atoms. The summed E-state index contributed by atoms with van der Waals surface area (Å²) in [5, 5.41) is 12.3. The number of carbonyl (C=O) groups is 1. The Kier molecular flexibility index (Phi) is 5.67. The van der Waals surface area contributed by atoms with Gasteiger partial charge in [0.2, 0.25) is 10.0 Å². The average Bonchev–Trinajstić information content (AvgIpc) is 3.25. The van der Waals surface area contributed by atoms with E-state index in [1.54, 1.807) is 24.3 Å². The lowest BCUT2D eigenvalue weighted by molar-refractivity contribution is 0.102. The molecule has 30 heavy (non-hydrogen) atoms. The zero-order valence-corrected chi connectivity index (χ0v) is 16.9. The lowest BCUT2D eigenvalue weighted by Gasteiger charge is -2.28. The molecule has 1 aromatic heterocycles. The third kappa shape index (κ3) is 4.13. The van der Waals surface area contributed by atoms with Crippen molar-refractivity contribution in [2.75, 3.05) is 18.4 Å². The topological polar surface area (TPSA) is 113 Å². The molecule has 1 aliphatic heterocycles. The molecule has 0 atom stereocenters. The van der Waals surface area contributed by atoms with Crippen molar-refractivity contribution in [1.82, 2.24) is 9.29 Å². The summed E-state index contributed by atoms with van der Waals surface area (Å²) < 4.78 is 32.5. The monoisotopic (exact) mass is 427 g/mol. The first-order valence-electron chi connectivity index (χ1n) is 9.53. The molecular weight excluding hydrogens is 406 g/mol. The van der Waals surface area contributed by atoms with Crippen LogP contribution in [0.1, 0.15) is 23.3 Å². The van der Waals surface area contributed by atoms with Crippen LogP contribution >= 0.6 is 0 Å². The van der Waals surface area contributed by atoms with Crippen LogP contribution in [0.15, 0.2) is 70.3 Å². The minimum Gasteiger partial charge on any atom is -0.443 e. The SMILES string of the molecule is O=C(Nc1cccc(S(=O)(=O)N2CCC(O)CC2)c1)c1ncoc1-c1ccccc1. The molecule has 9 heteroatoms. The molecule has 3 aromatic rings. The van der Waals surface area contributed by atoms with Crippen molar-refractivity contribution in [2.45, 2.75) is 23.8 Å². The number of benzene rings is 2. The second kappa shape index (κ2) is 8.39. The molecule has 2 aromatic carbocycles. The normalized spacial score (nSPS) is 15.8. The number of rotatable bonds is 5. The standard InChI is InChI=1S/C21H21N3O5S/c25-17-9-11-24(12-10-17)30(27,28)18-8-4-7-16(13-18)23-21(26)19-20(29-14-22-19)15-5-2-1-3-6-15/h1-8,13-14,17,25H,9-12H2,(H,23,26). The van der Waals surface area contributed by atoms with Crippen LogP contribution in [-0.4, -0.2) is 47.9 Å². The largest absolute Gasteiger partial charge is 0.443 e. The summed E-state index contributed by atoms with van der Waals surface area (Å²) in [4.78, 5) is 16.8. The number of oxazole rings is 1. The molecule has 4 rings (SSSR count). The highest BCUT2D eigenvalue weighted by Gasteiger charge is 2.29. The Morgan fingerprint density at radius 3 is 2.57 bits per heavy atom. The number of amides is 1. The minimum absolute atomic E-state index is 0.0834. The van der Waals surface area contributed by atoms with Crippen molar-refractivity contribution < 1.29 is 22.7 Å². The van der Waals surface area contributed by atoms with Gasteiger partial charge in [-0.25, -0.2) is 13.4 Å². The smallest absolute Gasteiger partial charge is 0.278 e. The first kappa shape index (κ1) is 20.3. The summed E-state index contributed by atoms with van der Waals surface area (Å²) in [6.45, 7) is 0.527. The van der Waals surface area contributed by atoms with E-state index in [1.165, 1.54) is 22.8 Å². The molecule has 1 saturated heterocycles. The number of aromatic nitrogens is 1. The molecule has 0 spiro atoms. The number of hydrogen-bond donors (Lipinski definition) is 2. The van der Waals surface area contributed by atoms with Gasteiger partial charge in [-0.2, -0.15) is 4.31 Å². The Morgan fingerprint density at radius 2 is 1.83 bits per heavy atom. The number of carbonyl (C=O) groups excluding carboxylic acids is 1. The van der Waals surface area contributed by atoms with E-state index in [9.17, 15) is 18.3 Å². The van der Waals surface area contributed by atoms with Gasteiger partial charge in [0.1, 0.15) is 0 Å². The maximum absolute atomic E-state index is 12.9. The zero-order chi connectivity index (χ0) is 21.1. The van der Waals surface area contributed by atoms with Gasteiger partial charge in [0, 0.05) is 24.3 Å². The number of nitrogens with one attached hydrogen (secondary N) is 1. The molecule has 156 valence electrons.